The number of nitrogens with two attached hydrogens (primary N) is 1. The van der Waals surface area contributed by atoms with Crippen LogP contribution in [0.5, 0.6) is 0 Å². The molecule has 19 heavy (non-hydrogen) atoms. The number of amides is 1. The van der Waals surface area contributed by atoms with Crippen molar-refractivity contribution in [2.45, 2.75) is 25.9 Å². The molecule has 0 aliphatic heterocycles. The Balaban J connectivity index is 2.06. The van der Waals surface area contributed by atoms with Gasteiger partial charge in [0.25, 0.3) is 0 Å². The highest BCUT2D eigenvalue weighted by molar-refractivity contribution is 5.93. The highest BCUT2D eigenvalue weighted by Crippen LogP contribution is 2.32. The summed E-state index contributed by atoms with van der Waals surface area (Å²) in [7, 11) is 1.65. The molecule has 0 unspecified atom stereocenters. The fraction of sp³-hybridized carbons (Fsp3) is 0.533. The van der Waals surface area contributed by atoms with Gasteiger partial charge in [-0.1, -0.05) is 24.6 Å². The van der Waals surface area contributed by atoms with E-state index in [0.717, 1.165) is 30.5 Å². The smallest absolute Gasteiger partial charge is 0.227 e. The monoisotopic (exact) mass is 262 g/mol. The maximum absolute atomic E-state index is 12.3. The van der Waals surface area contributed by atoms with Gasteiger partial charge in [0.1, 0.15) is 0 Å². The van der Waals surface area contributed by atoms with Gasteiger partial charge in [0.2, 0.25) is 5.91 Å². The van der Waals surface area contributed by atoms with Crippen molar-refractivity contribution in [2.75, 3.05) is 19.0 Å². The van der Waals surface area contributed by atoms with Crippen LogP contribution < -0.4 is 11.1 Å². The number of hydrogen-bond acceptors (Lipinski definition) is 3. The fourth-order valence-corrected chi connectivity index (χ4v) is 2.81. The van der Waals surface area contributed by atoms with Gasteiger partial charge in [-0.2, -0.15) is 0 Å². The lowest BCUT2D eigenvalue weighted by molar-refractivity contribution is -0.120. The molecule has 3 N–H and O–H groups in total. The lowest BCUT2D eigenvalue weighted by Crippen LogP contribution is -2.30. The number of nitrogens with one attached hydrogen (secondary N) is 1. The van der Waals surface area contributed by atoms with E-state index in [1.54, 1.807) is 7.11 Å². The number of ether oxygens (including phenoxy) is 1. The van der Waals surface area contributed by atoms with Crippen molar-refractivity contribution in [3.05, 3.63) is 29.8 Å². The number of para-hydroxylation sites is 1. The van der Waals surface area contributed by atoms with Gasteiger partial charge in [0.15, 0.2) is 0 Å². The molecule has 4 heteroatoms. The van der Waals surface area contributed by atoms with Crippen molar-refractivity contribution in [1.82, 2.24) is 0 Å². The topological polar surface area (TPSA) is 64.3 Å². The number of methoxy groups -OCH3 is 1. The summed E-state index contributed by atoms with van der Waals surface area (Å²) >= 11 is 0. The van der Waals surface area contributed by atoms with Crippen molar-refractivity contribution in [2.24, 2.45) is 17.6 Å². The van der Waals surface area contributed by atoms with Gasteiger partial charge in [-0.15, -0.1) is 0 Å². The largest absolute Gasteiger partial charge is 0.380 e. The molecule has 1 aromatic carbocycles. The molecule has 4 nitrogen and oxygen atoms in total. The zero-order chi connectivity index (χ0) is 13.7. The Bertz CT molecular complexity index is 434. The van der Waals surface area contributed by atoms with Crippen LogP contribution in [0.25, 0.3) is 0 Å². The van der Waals surface area contributed by atoms with Gasteiger partial charge in [-0.05, 0) is 31.4 Å². The third-order valence-electron chi connectivity index (χ3n) is 3.87. The minimum atomic E-state index is 0.0561. The van der Waals surface area contributed by atoms with Crippen LogP contribution in [-0.2, 0) is 16.1 Å². The Morgan fingerprint density at radius 1 is 1.42 bits per heavy atom. The van der Waals surface area contributed by atoms with Crippen molar-refractivity contribution >= 4 is 11.6 Å². The van der Waals surface area contributed by atoms with Crippen LogP contribution in [0.15, 0.2) is 24.3 Å². The minimum absolute atomic E-state index is 0.0561. The maximum Gasteiger partial charge on any atom is 0.227 e. The minimum Gasteiger partial charge on any atom is -0.380 e. The second-order valence-electron chi connectivity index (χ2n) is 5.11. The van der Waals surface area contributed by atoms with E-state index in [-0.39, 0.29) is 11.8 Å². The van der Waals surface area contributed by atoms with Crippen LogP contribution in [0.2, 0.25) is 0 Å². The Morgan fingerprint density at radius 2 is 2.21 bits per heavy atom. The summed E-state index contributed by atoms with van der Waals surface area (Å²) in [5.74, 6) is 0.478. The van der Waals surface area contributed by atoms with E-state index < -0.39 is 0 Å². The zero-order valence-electron chi connectivity index (χ0n) is 11.4. The van der Waals surface area contributed by atoms with Gasteiger partial charge >= 0.3 is 0 Å². The molecule has 1 amide bonds. The number of carbonyl (C=O) groups excluding carboxylic acids is 1. The van der Waals surface area contributed by atoms with Crippen molar-refractivity contribution in [3.8, 4) is 0 Å². The first-order valence-corrected chi connectivity index (χ1v) is 6.84. The molecule has 0 spiro atoms. The summed E-state index contributed by atoms with van der Waals surface area (Å²) in [6.45, 7) is 1.10. The predicted molar refractivity (Wildman–Crippen MR) is 75.7 cm³/mol. The van der Waals surface area contributed by atoms with Crippen LogP contribution in [0.3, 0.4) is 0 Å². The van der Waals surface area contributed by atoms with Crippen molar-refractivity contribution in [3.63, 3.8) is 0 Å². The molecule has 0 saturated heterocycles. The van der Waals surface area contributed by atoms with Gasteiger partial charge in [-0.3, -0.25) is 4.79 Å². The molecule has 1 fully saturated rings. The second kappa shape index (κ2) is 6.68. The van der Waals surface area contributed by atoms with Gasteiger partial charge in [0.05, 0.1) is 6.61 Å². The number of hydrogen-bond donors (Lipinski definition) is 2. The van der Waals surface area contributed by atoms with Crippen LogP contribution >= 0.6 is 0 Å². The van der Waals surface area contributed by atoms with E-state index in [1.807, 2.05) is 24.3 Å². The lowest BCUT2D eigenvalue weighted by atomic mass is 9.95. The molecule has 0 aromatic heterocycles. The first kappa shape index (κ1) is 14.0. The van der Waals surface area contributed by atoms with Crippen LogP contribution in [0.4, 0.5) is 5.69 Å². The summed E-state index contributed by atoms with van der Waals surface area (Å²) in [6, 6.07) is 7.75. The van der Waals surface area contributed by atoms with Gasteiger partial charge in [0, 0.05) is 24.3 Å². The zero-order valence-corrected chi connectivity index (χ0v) is 11.4. The van der Waals surface area contributed by atoms with Crippen LogP contribution in [0, 0.1) is 11.8 Å². The average Bonchev–Trinajstić information content (AvgIpc) is 2.89. The molecule has 1 aromatic rings. The summed E-state index contributed by atoms with van der Waals surface area (Å²) in [5.41, 5.74) is 7.58. The summed E-state index contributed by atoms with van der Waals surface area (Å²) in [4.78, 5) is 12.3. The van der Waals surface area contributed by atoms with E-state index in [4.69, 9.17) is 10.5 Å². The lowest BCUT2D eigenvalue weighted by Gasteiger charge is -2.18. The Kier molecular flexibility index (Phi) is 4.93. The standard InChI is InChI=1S/C15H22N2O2/c1-19-10-12-5-2-3-8-14(12)17-15(18)13-7-4-6-11(13)9-16/h2-3,5,8,11,13H,4,6-7,9-10,16H2,1H3,(H,17,18)/t11-,13-/m1/s1. The Hall–Kier alpha value is -1.39. The van der Waals surface area contributed by atoms with Crippen LogP contribution in [-0.4, -0.2) is 19.6 Å². The van der Waals surface area contributed by atoms with Crippen molar-refractivity contribution < 1.29 is 9.53 Å². The molecule has 0 heterocycles. The van der Waals surface area contributed by atoms with E-state index in [1.165, 1.54) is 0 Å². The fourth-order valence-electron chi connectivity index (χ4n) is 2.81. The molecular weight excluding hydrogens is 240 g/mol. The SMILES string of the molecule is COCc1ccccc1NC(=O)[C@@H]1CCC[C@@H]1CN. The summed E-state index contributed by atoms with van der Waals surface area (Å²) in [5, 5.41) is 3.03. The number of anilines is 1. The molecule has 2 rings (SSSR count). The molecule has 0 bridgehead atoms. The molecule has 0 radical (unpaired) electrons. The second-order valence-corrected chi connectivity index (χ2v) is 5.11. The number of benzene rings is 1. The first-order valence-electron chi connectivity index (χ1n) is 6.84. The predicted octanol–water partition coefficient (Wildman–Crippen LogP) is 2.15. The summed E-state index contributed by atoms with van der Waals surface area (Å²) in [6.07, 6.45) is 3.11. The van der Waals surface area contributed by atoms with Gasteiger partial charge < -0.3 is 15.8 Å². The van der Waals surface area contributed by atoms with Crippen molar-refractivity contribution in [1.29, 1.82) is 0 Å². The third-order valence-corrected chi connectivity index (χ3v) is 3.87. The van der Waals surface area contributed by atoms with E-state index in [2.05, 4.69) is 5.32 Å². The summed E-state index contributed by atoms with van der Waals surface area (Å²) < 4.78 is 5.15. The van der Waals surface area contributed by atoms with Crippen LogP contribution in [0.1, 0.15) is 24.8 Å². The average molecular weight is 262 g/mol. The maximum atomic E-state index is 12.3. The molecular formula is C15H22N2O2. The molecule has 104 valence electrons. The van der Waals surface area contributed by atoms with E-state index in [0.29, 0.717) is 19.1 Å². The van der Waals surface area contributed by atoms with Gasteiger partial charge in [-0.25, -0.2) is 0 Å². The number of rotatable bonds is 5. The normalized spacial score (nSPS) is 22.4. The Morgan fingerprint density at radius 3 is 2.95 bits per heavy atom. The van der Waals surface area contributed by atoms with E-state index >= 15 is 0 Å². The first-order chi connectivity index (χ1) is 9.26. The number of carbonyl (C=O) groups is 1. The molecule has 1 aliphatic carbocycles. The van der Waals surface area contributed by atoms with E-state index in [9.17, 15) is 4.79 Å². The Labute approximate surface area is 114 Å². The highest BCUT2D eigenvalue weighted by Gasteiger charge is 2.32. The third kappa shape index (κ3) is 3.33. The quantitative estimate of drug-likeness (QED) is 0.854. The molecule has 1 saturated carbocycles. The molecule has 2 atom stereocenters. The highest BCUT2D eigenvalue weighted by atomic mass is 16.5. The molecule has 1 aliphatic rings.